The van der Waals surface area contributed by atoms with Crippen molar-refractivity contribution >= 4 is 12.1 Å². The Morgan fingerprint density at radius 1 is 1.07 bits per heavy atom. The number of rotatable bonds is 8. The second kappa shape index (κ2) is 8.89. The summed E-state index contributed by atoms with van der Waals surface area (Å²) >= 11 is 0. The van der Waals surface area contributed by atoms with Crippen molar-refractivity contribution in [1.29, 1.82) is 0 Å². The first-order valence-electron chi connectivity index (χ1n) is 9.34. The van der Waals surface area contributed by atoms with Gasteiger partial charge in [-0.1, -0.05) is 55.5 Å². The molecule has 1 amide bonds. The average molecular weight is 383 g/mol. The first-order chi connectivity index (χ1) is 13.5. The molecule has 2 N–H and O–H groups in total. The van der Waals surface area contributed by atoms with Gasteiger partial charge >= 0.3 is 12.1 Å². The van der Waals surface area contributed by atoms with E-state index in [1.807, 2.05) is 43.3 Å². The highest BCUT2D eigenvalue weighted by Crippen LogP contribution is 2.44. The zero-order valence-electron chi connectivity index (χ0n) is 16.1. The van der Waals surface area contributed by atoms with Crippen molar-refractivity contribution in [2.24, 2.45) is 5.92 Å². The fourth-order valence-electron chi connectivity index (χ4n) is 3.76. The molecule has 0 radical (unpaired) electrons. The van der Waals surface area contributed by atoms with E-state index >= 15 is 0 Å². The van der Waals surface area contributed by atoms with Gasteiger partial charge in [0, 0.05) is 19.6 Å². The quantitative estimate of drug-likeness (QED) is 0.727. The third-order valence-electron chi connectivity index (χ3n) is 5.02. The SMILES string of the molecule is COCC(C)CC(NC(=O)OCC1c2ccccc2-c2ccccc21)C(=O)O. The molecule has 2 aromatic carbocycles. The van der Waals surface area contributed by atoms with Crippen LogP contribution in [-0.4, -0.2) is 43.5 Å². The summed E-state index contributed by atoms with van der Waals surface area (Å²) in [6.45, 7) is 2.45. The van der Waals surface area contributed by atoms with Gasteiger partial charge in [0.1, 0.15) is 12.6 Å². The number of aliphatic carboxylic acids is 1. The lowest BCUT2D eigenvalue weighted by molar-refractivity contribution is -0.139. The molecule has 6 heteroatoms. The topological polar surface area (TPSA) is 84.9 Å². The number of hydrogen-bond donors (Lipinski definition) is 2. The van der Waals surface area contributed by atoms with Crippen LogP contribution in [0.4, 0.5) is 4.79 Å². The lowest BCUT2D eigenvalue weighted by atomic mass is 9.98. The molecule has 0 spiro atoms. The molecule has 0 aromatic heterocycles. The molecule has 2 aromatic rings. The molecule has 3 rings (SSSR count). The number of fused-ring (bicyclic) bond motifs is 3. The van der Waals surface area contributed by atoms with Crippen LogP contribution in [0.25, 0.3) is 11.1 Å². The summed E-state index contributed by atoms with van der Waals surface area (Å²) in [6, 6.07) is 15.1. The number of benzene rings is 2. The van der Waals surface area contributed by atoms with Crippen molar-refractivity contribution in [2.75, 3.05) is 20.3 Å². The number of amides is 1. The van der Waals surface area contributed by atoms with Gasteiger partial charge < -0.3 is 19.9 Å². The Hall–Kier alpha value is -2.86. The Bertz CT molecular complexity index is 805. The van der Waals surface area contributed by atoms with Crippen LogP contribution >= 0.6 is 0 Å². The Morgan fingerprint density at radius 2 is 1.64 bits per heavy atom. The number of carboxylic acids is 1. The summed E-state index contributed by atoms with van der Waals surface area (Å²) in [5.74, 6) is -1.15. The summed E-state index contributed by atoms with van der Waals surface area (Å²) < 4.78 is 10.5. The monoisotopic (exact) mass is 383 g/mol. The molecular formula is C22H25NO5. The van der Waals surface area contributed by atoms with E-state index in [9.17, 15) is 14.7 Å². The van der Waals surface area contributed by atoms with Crippen molar-refractivity contribution < 1.29 is 24.2 Å². The number of carbonyl (C=O) groups is 2. The van der Waals surface area contributed by atoms with Gasteiger partial charge in [-0.05, 0) is 34.6 Å². The normalized spacial score (nSPS) is 14.6. The molecule has 0 aliphatic heterocycles. The van der Waals surface area contributed by atoms with Gasteiger partial charge in [-0.25, -0.2) is 9.59 Å². The molecule has 28 heavy (non-hydrogen) atoms. The molecule has 2 unspecified atom stereocenters. The number of alkyl carbamates (subject to hydrolysis) is 1. The summed E-state index contributed by atoms with van der Waals surface area (Å²) in [6.07, 6.45) is -0.452. The fourth-order valence-corrected chi connectivity index (χ4v) is 3.76. The average Bonchev–Trinajstić information content (AvgIpc) is 3.00. The maximum atomic E-state index is 12.3. The number of nitrogens with one attached hydrogen (secondary N) is 1. The minimum atomic E-state index is -1.09. The molecular weight excluding hydrogens is 358 g/mol. The molecule has 0 heterocycles. The van der Waals surface area contributed by atoms with Crippen LogP contribution in [0.3, 0.4) is 0 Å². The van der Waals surface area contributed by atoms with Crippen LogP contribution < -0.4 is 5.32 Å². The summed E-state index contributed by atoms with van der Waals surface area (Å²) in [7, 11) is 1.56. The number of ether oxygens (including phenoxy) is 2. The smallest absolute Gasteiger partial charge is 0.407 e. The van der Waals surface area contributed by atoms with E-state index < -0.39 is 18.1 Å². The number of carbonyl (C=O) groups excluding carboxylic acids is 1. The predicted octanol–water partition coefficient (Wildman–Crippen LogP) is 3.65. The molecule has 2 atom stereocenters. The molecule has 0 bridgehead atoms. The summed E-state index contributed by atoms with van der Waals surface area (Å²) in [4.78, 5) is 23.7. The molecule has 1 aliphatic carbocycles. The molecule has 6 nitrogen and oxygen atoms in total. The van der Waals surface area contributed by atoms with E-state index in [-0.39, 0.29) is 24.9 Å². The van der Waals surface area contributed by atoms with Crippen LogP contribution in [0.15, 0.2) is 48.5 Å². The van der Waals surface area contributed by atoms with Crippen molar-refractivity contribution in [3.8, 4) is 11.1 Å². The fraction of sp³-hybridized carbons (Fsp3) is 0.364. The van der Waals surface area contributed by atoms with Crippen LogP contribution in [0, 0.1) is 5.92 Å². The third kappa shape index (κ3) is 4.34. The molecule has 148 valence electrons. The van der Waals surface area contributed by atoms with Crippen molar-refractivity contribution in [3.63, 3.8) is 0 Å². The van der Waals surface area contributed by atoms with E-state index in [1.165, 1.54) is 0 Å². The number of methoxy groups -OCH3 is 1. The van der Waals surface area contributed by atoms with Gasteiger partial charge in [-0.3, -0.25) is 0 Å². The van der Waals surface area contributed by atoms with Gasteiger partial charge in [0.05, 0.1) is 0 Å². The standard InChI is InChI=1S/C22H25NO5/c1-14(12-27-2)11-20(21(24)25)23-22(26)28-13-19-17-9-5-3-7-15(17)16-8-4-6-10-18(16)19/h3-10,14,19-20H,11-13H2,1-2H3,(H,23,26)(H,24,25). The predicted molar refractivity (Wildman–Crippen MR) is 105 cm³/mol. The maximum absolute atomic E-state index is 12.3. The van der Waals surface area contributed by atoms with E-state index in [4.69, 9.17) is 9.47 Å². The highest BCUT2D eigenvalue weighted by Gasteiger charge is 2.30. The minimum Gasteiger partial charge on any atom is -0.480 e. The minimum absolute atomic E-state index is 0.0000130. The van der Waals surface area contributed by atoms with Crippen LogP contribution in [0.2, 0.25) is 0 Å². The lowest BCUT2D eigenvalue weighted by Gasteiger charge is -2.19. The van der Waals surface area contributed by atoms with Crippen LogP contribution in [0.1, 0.15) is 30.4 Å². The molecule has 0 fully saturated rings. The maximum Gasteiger partial charge on any atom is 0.407 e. The molecule has 1 aliphatic rings. The largest absolute Gasteiger partial charge is 0.480 e. The zero-order valence-corrected chi connectivity index (χ0v) is 16.1. The number of carboxylic acid groups (broad SMARTS) is 1. The second-order valence-corrected chi connectivity index (χ2v) is 7.16. The van der Waals surface area contributed by atoms with E-state index in [1.54, 1.807) is 7.11 Å². The van der Waals surface area contributed by atoms with Gasteiger partial charge in [-0.15, -0.1) is 0 Å². The van der Waals surface area contributed by atoms with Crippen molar-refractivity contribution in [1.82, 2.24) is 5.32 Å². The van der Waals surface area contributed by atoms with Crippen molar-refractivity contribution in [2.45, 2.75) is 25.3 Å². The Balaban J connectivity index is 1.65. The van der Waals surface area contributed by atoms with E-state index in [0.29, 0.717) is 6.61 Å². The number of hydrogen-bond acceptors (Lipinski definition) is 4. The highest BCUT2D eigenvalue weighted by atomic mass is 16.5. The molecule has 0 saturated heterocycles. The summed E-state index contributed by atoms with van der Waals surface area (Å²) in [5, 5.41) is 11.8. The summed E-state index contributed by atoms with van der Waals surface area (Å²) in [5.41, 5.74) is 4.51. The van der Waals surface area contributed by atoms with Gasteiger partial charge in [0.15, 0.2) is 0 Å². The van der Waals surface area contributed by atoms with Gasteiger partial charge in [0.25, 0.3) is 0 Å². The lowest BCUT2D eigenvalue weighted by Crippen LogP contribution is -2.42. The second-order valence-electron chi connectivity index (χ2n) is 7.16. The van der Waals surface area contributed by atoms with E-state index in [2.05, 4.69) is 17.4 Å². The van der Waals surface area contributed by atoms with Crippen LogP contribution in [0.5, 0.6) is 0 Å². The Labute approximate surface area is 164 Å². The molecule has 0 saturated carbocycles. The van der Waals surface area contributed by atoms with Crippen LogP contribution in [-0.2, 0) is 14.3 Å². The zero-order chi connectivity index (χ0) is 20.1. The Morgan fingerprint density at radius 3 is 2.18 bits per heavy atom. The van der Waals surface area contributed by atoms with Crippen molar-refractivity contribution in [3.05, 3.63) is 59.7 Å². The van der Waals surface area contributed by atoms with Gasteiger partial charge in [0.2, 0.25) is 0 Å². The Kier molecular flexibility index (Phi) is 6.31. The third-order valence-corrected chi connectivity index (χ3v) is 5.02. The first kappa shape index (κ1) is 19.9. The highest BCUT2D eigenvalue weighted by molar-refractivity contribution is 5.81. The van der Waals surface area contributed by atoms with Gasteiger partial charge in [-0.2, -0.15) is 0 Å². The first-order valence-corrected chi connectivity index (χ1v) is 9.34. The van der Waals surface area contributed by atoms with E-state index in [0.717, 1.165) is 22.3 Å².